The first-order chi connectivity index (χ1) is 8.00. The molecule has 1 rings (SSSR count). The van der Waals surface area contributed by atoms with Gasteiger partial charge >= 0.3 is 5.97 Å². The molecule has 0 fully saturated rings. The van der Waals surface area contributed by atoms with Crippen LogP contribution in [0, 0.1) is 6.92 Å². The maximum Gasteiger partial charge on any atom is 0.328 e. The van der Waals surface area contributed by atoms with Crippen LogP contribution in [0.25, 0.3) is 0 Å². The molecule has 0 radical (unpaired) electrons. The Morgan fingerprint density at radius 1 is 1.53 bits per heavy atom. The van der Waals surface area contributed by atoms with Gasteiger partial charge in [0.2, 0.25) is 0 Å². The summed E-state index contributed by atoms with van der Waals surface area (Å²) in [6.07, 6.45) is 0. The molecule has 2 N–H and O–H groups in total. The fraction of sp³-hybridized carbons (Fsp3) is 0.462. The molecule has 4 nitrogen and oxygen atoms in total. The number of methoxy groups -OCH3 is 1. The lowest BCUT2D eigenvalue weighted by Crippen LogP contribution is -2.47. The first-order valence-corrected chi connectivity index (χ1v) is 5.55. The quantitative estimate of drug-likeness (QED) is 0.737. The molecule has 0 spiro atoms. The van der Waals surface area contributed by atoms with Crippen LogP contribution in [0.3, 0.4) is 0 Å². The summed E-state index contributed by atoms with van der Waals surface area (Å²) >= 11 is 0. The maximum atomic E-state index is 11.4. The van der Waals surface area contributed by atoms with Crippen molar-refractivity contribution in [3.63, 3.8) is 0 Å². The van der Waals surface area contributed by atoms with Gasteiger partial charge < -0.3 is 9.84 Å². The van der Waals surface area contributed by atoms with Crippen LogP contribution in [-0.4, -0.2) is 31.3 Å². The summed E-state index contributed by atoms with van der Waals surface area (Å²) in [6.45, 7) is 4.59. The van der Waals surface area contributed by atoms with E-state index in [1.165, 1.54) is 0 Å². The summed E-state index contributed by atoms with van der Waals surface area (Å²) in [4.78, 5) is 11.4. The number of ether oxygens (including phenoxy) is 1. The molecule has 94 valence electrons. The van der Waals surface area contributed by atoms with E-state index in [9.17, 15) is 9.90 Å². The van der Waals surface area contributed by atoms with E-state index in [-0.39, 0.29) is 0 Å². The van der Waals surface area contributed by atoms with Gasteiger partial charge in [-0.3, -0.25) is 5.32 Å². The Bertz CT molecular complexity index is 392. The van der Waals surface area contributed by atoms with E-state index in [0.717, 1.165) is 11.1 Å². The molecule has 4 heteroatoms. The van der Waals surface area contributed by atoms with Gasteiger partial charge in [0.15, 0.2) is 0 Å². The molecule has 0 heterocycles. The molecular weight excluding hydrogens is 218 g/mol. The molecule has 0 aliphatic heterocycles. The minimum atomic E-state index is -1.08. The fourth-order valence-corrected chi connectivity index (χ4v) is 1.66. The highest BCUT2D eigenvalue weighted by Gasteiger charge is 2.34. The van der Waals surface area contributed by atoms with Gasteiger partial charge in [0.1, 0.15) is 5.54 Å². The molecule has 1 unspecified atom stereocenters. The molecule has 0 bridgehead atoms. The molecule has 1 aromatic carbocycles. The number of rotatable bonds is 6. The van der Waals surface area contributed by atoms with Crippen molar-refractivity contribution in [1.82, 2.24) is 5.32 Å². The van der Waals surface area contributed by atoms with Crippen LogP contribution < -0.4 is 5.32 Å². The van der Waals surface area contributed by atoms with Crippen LogP contribution in [0.2, 0.25) is 0 Å². The van der Waals surface area contributed by atoms with E-state index in [1.54, 1.807) is 14.0 Å². The van der Waals surface area contributed by atoms with Gasteiger partial charge in [0, 0.05) is 13.7 Å². The zero-order valence-electron chi connectivity index (χ0n) is 10.5. The monoisotopic (exact) mass is 237 g/mol. The molecule has 0 amide bonds. The van der Waals surface area contributed by atoms with Gasteiger partial charge in [-0.1, -0.05) is 29.8 Å². The van der Waals surface area contributed by atoms with Gasteiger partial charge in [-0.05, 0) is 19.4 Å². The fourth-order valence-electron chi connectivity index (χ4n) is 1.66. The molecule has 0 aromatic heterocycles. The Hall–Kier alpha value is -1.39. The summed E-state index contributed by atoms with van der Waals surface area (Å²) in [5.41, 5.74) is 0.717. The van der Waals surface area contributed by atoms with Gasteiger partial charge in [-0.15, -0.1) is 0 Å². The summed E-state index contributed by atoms with van der Waals surface area (Å²) in [7, 11) is 1.59. The van der Waals surface area contributed by atoms with E-state index in [0.29, 0.717) is 13.2 Å². The number of hydrogen-bond donors (Lipinski definition) is 2. The van der Waals surface area contributed by atoms with Crippen molar-refractivity contribution in [2.45, 2.75) is 19.4 Å². The van der Waals surface area contributed by atoms with E-state index >= 15 is 0 Å². The third-order valence-electron chi connectivity index (χ3n) is 2.81. The van der Waals surface area contributed by atoms with Crippen molar-refractivity contribution in [3.8, 4) is 0 Å². The van der Waals surface area contributed by atoms with Crippen molar-refractivity contribution < 1.29 is 14.6 Å². The number of carbonyl (C=O) groups is 1. The highest BCUT2D eigenvalue weighted by Crippen LogP contribution is 2.21. The molecular formula is C13H19NO3. The number of carboxylic acids is 1. The largest absolute Gasteiger partial charge is 0.480 e. The second-order valence-electron chi connectivity index (χ2n) is 4.22. The Balaban J connectivity index is 2.95. The standard InChI is InChI=1S/C13H19NO3/c1-10-5-4-6-11(9-10)13(2,12(15)16)14-7-8-17-3/h4-6,9,14H,7-8H2,1-3H3,(H,15,16). The lowest BCUT2D eigenvalue weighted by molar-refractivity contribution is -0.144. The van der Waals surface area contributed by atoms with Crippen molar-refractivity contribution in [3.05, 3.63) is 35.4 Å². The number of nitrogens with one attached hydrogen (secondary N) is 1. The van der Waals surface area contributed by atoms with Gasteiger partial charge in [-0.2, -0.15) is 0 Å². The molecule has 1 aromatic rings. The second kappa shape index (κ2) is 5.80. The molecule has 17 heavy (non-hydrogen) atoms. The molecule has 1 atom stereocenters. The third-order valence-corrected chi connectivity index (χ3v) is 2.81. The first kappa shape index (κ1) is 13.7. The SMILES string of the molecule is COCCNC(C)(C(=O)O)c1cccc(C)c1. The highest BCUT2D eigenvalue weighted by atomic mass is 16.5. The van der Waals surface area contributed by atoms with E-state index < -0.39 is 11.5 Å². The number of aliphatic carboxylic acids is 1. The second-order valence-corrected chi connectivity index (χ2v) is 4.22. The van der Waals surface area contributed by atoms with Crippen molar-refractivity contribution in [2.75, 3.05) is 20.3 Å². The first-order valence-electron chi connectivity index (χ1n) is 5.55. The maximum absolute atomic E-state index is 11.4. The lowest BCUT2D eigenvalue weighted by Gasteiger charge is -2.27. The Morgan fingerprint density at radius 3 is 2.76 bits per heavy atom. The Morgan fingerprint density at radius 2 is 2.24 bits per heavy atom. The third kappa shape index (κ3) is 3.28. The number of carboxylic acid groups (broad SMARTS) is 1. The normalized spacial score (nSPS) is 14.3. The topological polar surface area (TPSA) is 58.6 Å². The minimum absolute atomic E-state index is 0.481. The van der Waals surface area contributed by atoms with Crippen LogP contribution >= 0.6 is 0 Å². The average molecular weight is 237 g/mol. The van der Waals surface area contributed by atoms with Crippen LogP contribution in [0.5, 0.6) is 0 Å². The minimum Gasteiger partial charge on any atom is -0.480 e. The molecule has 0 saturated carbocycles. The molecule has 0 aliphatic carbocycles. The van der Waals surface area contributed by atoms with Crippen LogP contribution in [0.4, 0.5) is 0 Å². The van der Waals surface area contributed by atoms with Gasteiger partial charge in [0.25, 0.3) is 0 Å². The van der Waals surface area contributed by atoms with E-state index in [4.69, 9.17) is 4.74 Å². The number of aryl methyl sites for hydroxylation is 1. The summed E-state index contributed by atoms with van der Waals surface area (Å²) in [5, 5.41) is 12.4. The average Bonchev–Trinajstić information content (AvgIpc) is 2.29. The van der Waals surface area contributed by atoms with Gasteiger partial charge in [-0.25, -0.2) is 4.79 Å². The summed E-state index contributed by atoms with van der Waals surface area (Å²) < 4.78 is 4.92. The number of benzene rings is 1. The summed E-state index contributed by atoms with van der Waals surface area (Å²) in [5.74, 6) is -0.890. The van der Waals surface area contributed by atoms with Crippen molar-refractivity contribution in [1.29, 1.82) is 0 Å². The van der Waals surface area contributed by atoms with Crippen LogP contribution in [-0.2, 0) is 15.1 Å². The smallest absolute Gasteiger partial charge is 0.328 e. The van der Waals surface area contributed by atoms with Crippen LogP contribution in [0.1, 0.15) is 18.1 Å². The zero-order valence-corrected chi connectivity index (χ0v) is 10.5. The number of hydrogen-bond acceptors (Lipinski definition) is 3. The Kier molecular flexibility index (Phi) is 4.66. The van der Waals surface area contributed by atoms with Crippen LogP contribution in [0.15, 0.2) is 24.3 Å². The van der Waals surface area contributed by atoms with Gasteiger partial charge in [0.05, 0.1) is 6.61 Å². The van der Waals surface area contributed by atoms with Crippen molar-refractivity contribution in [2.24, 2.45) is 0 Å². The highest BCUT2D eigenvalue weighted by molar-refractivity contribution is 5.80. The summed E-state index contributed by atoms with van der Waals surface area (Å²) in [6, 6.07) is 7.51. The van der Waals surface area contributed by atoms with Crippen molar-refractivity contribution >= 4 is 5.97 Å². The predicted octanol–water partition coefficient (Wildman–Crippen LogP) is 1.53. The Labute approximate surface area is 102 Å². The predicted molar refractivity (Wildman–Crippen MR) is 66.0 cm³/mol. The lowest BCUT2D eigenvalue weighted by atomic mass is 9.91. The van der Waals surface area contributed by atoms with E-state index in [1.807, 2.05) is 31.2 Å². The molecule has 0 saturated heterocycles. The molecule has 0 aliphatic rings. The van der Waals surface area contributed by atoms with E-state index in [2.05, 4.69) is 5.32 Å². The zero-order chi connectivity index (χ0) is 12.9.